The van der Waals surface area contributed by atoms with Crippen LogP contribution >= 0.6 is 11.8 Å². The normalized spacial score (nSPS) is 16.5. The molecule has 0 bridgehead atoms. The first-order valence-corrected chi connectivity index (χ1v) is 11.0. The summed E-state index contributed by atoms with van der Waals surface area (Å²) in [7, 11) is 0. The molecule has 1 amide bonds. The van der Waals surface area contributed by atoms with E-state index in [1.807, 2.05) is 31.2 Å². The second-order valence-electron chi connectivity index (χ2n) is 7.66. The summed E-state index contributed by atoms with van der Waals surface area (Å²) in [6.45, 7) is 5.94. The van der Waals surface area contributed by atoms with Crippen LogP contribution in [0.2, 0.25) is 0 Å². The van der Waals surface area contributed by atoms with Crippen LogP contribution in [0.3, 0.4) is 0 Å². The van der Waals surface area contributed by atoms with Gasteiger partial charge < -0.3 is 14.6 Å². The highest BCUT2D eigenvalue weighted by molar-refractivity contribution is 7.99. The van der Waals surface area contributed by atoms with Gasteiger partial charge in [0.25, 0.3) is 0 Å². The lowest BCUT2D eigenvalue weighted by molar-refractivity contribution is -0.125. The number of carbonyl (C=O) groups excluding carboxylic acids is 1. The second-order valence-corrected chi connectivity index (χ2v) is 8.75. The van der Waals surface area contributed by atoms with Crippen LogP contribution in [0.25, 0.3) is 0 Å². The summed E-state index contributed by atoms with van der Waals surface area (Å²) < 4.78 is 5.53. The average molecular weight is 423 g/mol. The molecule has 0 radical (unpaired) electrons. The molecule has 30 heavy (non-hydrogen) atoms. The SMILES string of the molecule is Cc1ccc(Sc2ccc(N3CCC[C@@H](C(=O)NCc4ccc(C)o4)C3)nn2)cc1. The van der Waals surface area contributed by atoms with Gasteiger partial charge in [0.2, 0.25) is 5.91 Å². The van der Waals surface area contributed by atoms with Gasteiger partial charge in [0.15, 0.2) is 5.82 Å². The molecular formula is C23H26N4O2S. The third-order valence-electron chi connectivity index (χ3n) is 5.22. The number of nitrogens with one attached hydrogen (secondary N) is 1. The van der Waals surface area contributed by atoms with E-state index in [9.17, 15) is 4.79 Å². The highest BCUT2D eigenvalue weighted by Gasteiger charge is 2.26. The molecule has 1 N–H and O–H groups in total. The van der Waals surface area contributed by atoms with Crippen LogP contribution in [-0.2, 0) is 11.3 Å². The van der Waals surface area contributed by atoms with Crippen LogP contribution in [0.4, 0.5) is 5.82 Å². The van der Waals surface area contributed by atoms with Crippen molar-refractivity contribution in [1.29, 1.82) is 0 Å². The molecule has 156 valence electrons. The predicted octanol–water partition coefficient (Wildman–Crippen LogP) is 4.37. The first-order chi connectivity index (χ1) is 14.6. The minimum atomic E-state index is -0.0572. The summed E-state index contributed by atoms with van der Waals surface area (Å²) in [6.07, 6.45) is 1.84. The van der Waals surface area contributed by atoms with E-state index in [1.165, 1.54) is 5.56 Å². The highest BCUT2D eigenvalue weighted by Crippen LogP contribution is 2.27. The van der Waals surface area contributed by atoms with Crippen molar-refractivity contribution in [3.05, 3.63) is 65.6 Å². The number of hydrogen-bond acceptors (Lipinski definition) is 6. The van der Waals surface area contributed by atoms with Gasteiger partial charge in [0.05, 0.1) is 12.5 Å². The smallest absolute Gasteiger partial charge is 0.225 e. The molecule has 2 aromatic heterocycles. The summed E-state index contributed by atoms with van der Waals surface area (Å²) in [5.74, 6) is 2.46. The van der Waals surface area contributed by atoms with Crippen LogP contribution in [0, 0.1) is 19.8 Å². The maximum absolute atomic E-state index is 12.6. The molecule has 1 atom stereocenters. The number of anilines is 1. The highest BCUT2D eigenvalue weighted by atomic mass is 32.2. The Bertz CT molecular complexity index is 985. The number of aryl methyl sites for hydroxylation is 2. The fourth-order valence-corrected chi connectivity index (χ4v) is 4.29. The Kier molecular flexibility index (Phi) is 6.38. The van der Waals surface area contributed by atoms with Crippen molar-refractivity contribution in [2.24, 2.45) is 5.92 Å². The van der Waals surface area contributed by atoms with Crippen molar-refractivity contribution in [1.82, 2.24) is 15.5 Å². The van der Waals surface area contributed by atoms with E-state index in [0.29, 0.717) is 13.1 Å². The lowest BCUT2D eigenvalue weighted by Crippen LogP contribution is -2.43. The number of aromatic nitrogens is 2. The monoisotopic (exact) mass is 422 g/mol. The summed E-state index contributed by atoms with van der Waals surface area (Å²) in [4.78, 5) is 15.9. The summed E-state index contributed by atoms with van der Waals surface area (Å²) >= 11 is 1.60. The molecule has 0 spiro atoms. The lowest BCUT2D eigenvalue weighted by Gasteiger charge is -2.32. The zero-order valence-electron chi connectivity index (χ0n) is 17.3. The van der Waals surface area contributed by atoms with E-state index in [1.54, 1.807) is 11.8 Å². The molecule has 1 aromatic carbocycles. The fourth-order valence-electron chi connectivity index (χ4n) is 3.56. The summed E-state index contributed by atoms with van der Waals surface area (Å²) in [6, 6.07) is 16.2. The number of rotatable bonds is 6. The minimum Gasteiger partial charge on any atom is -0.465 e. The Balaban J connectivity index is 1.33. The second kappa shape index (κ2) is 9.34. The number of furan rings is 1. The van der Waals surface area contributed by atoms with Crippen molar-refractivity contribution in [2.45, 2.75) is 43.2 Å². The van der Waals surface area contributed by atoms with Crippen LogP contribution in [0.5, 0.6) is 0 Å². The molecule has 6 nitrogen and oxygen atoms in total. The van der Waals surface area contributed by atoms with Crippen LogP contribution < -0.4 is 10.2 Å². The van der Waals surface area contributed by atoms with Crippen LogP contribution in [0.1, 0.15) is 29.9 Å². The summed E-state index contributed by atoms with van der Waals surface area (Å²) in [5, 5.41) is 12.7. The number of nitrogens with zero attached hydrogens (tertiary/aromatic N) is 3. The van der Waals surface area contributed by atoms with E-state index in [4.69, 9.17) is 4.42 Å². The number of carbonyl (C=O) groups is 1. The van der Waals surface area contributed by atoms with Crippen molar-refractivity contribution >= 4 is 23.5 Å². The fraction of sp³-hybridized carbons (Fsp3) is 0.348. The molecule has 1 aliphatic heterocycles. The topological polar surface area (TPSA) is 71.3 Å². The third-order valence-corrected chi connectivity index (χ3v) is 6.15. The molecular weight excluding hydrogens is 396 g/mol. The molecule has 1 aliphatic rings. The quantitative estimate of drug-likeness (QED) is 0.636. The van der Waals surface area contributed by atoms with E-state index in [-0.39, 0.29) is 11.8 Å². The van der Waals surface area contributed by atoms with Crippen molar-refractivity contribution in [3.63, 3.8) is 0 Å². The maximum Gasteiger partial charge on any atom is 0.225 e. The number of benzene rings is 1. The van der Waals surface area contributed by atoms with Gasteiger partial charge >= 0.3 is 0 Å². The minimum absolute atomic E-state index is 0.0572. The van der Waals surface area contributed by atoms with Crippen LogP contribution in [0.15, 0.2) is 62.9 Å². The van der Waals surface area contributed by atoms with E-state index < -0.39 is 0 Å². The first-order valence-electron chi connectivity index (χ1n) is 10.2. The largest absolute Gasteiger partial charge is 0.465 e. The van der Waals surface area contributed by atoms with Gasteiger partial charge in [0.1, 0.15) is 16.5 Å². The molecule has 3 aromatic rings. The molecule has 3 heterocycles. The van der Waals surface area contributed by atoms with Gasteiger partial charge in [-0.15, -0.1) is 10.2 Å². The Morgan fingerprint density at radius 1 is 1.13 bits per heavy atom. The number of amides is 1. The van der Waals surface area contributed by atoms with Crippen molar-refractivity contribution in [3.8, 4) is 0 Å². The molecule has 0 saturated carbocycles. The number of piperidine rings is 1. The van der Waals surface area contributed by atoms with E-state index in [2.05, 4.69) is 51.6 Å². The Hall–Kier alpha value is -2.80. The zero-order chi connectivity index (χ0) is 20.9. The van der Waals surface area contributed by atoms with Crippen LogP contribution in [-0.4, -0.2) is 29.2 Å². The molecule has 1 fully saturated rings. The Morgan fingerprint density at radius 3 is 2.67 bits per heavy atom. The van der Waals surface area contributed by atoms with Gasteiger partial charge in [0, 0.05) is 18.0 Å². The van der Waals surface area contributed by atoms with E-state index >= 15 is 0 Å². The predicted molar refractivity (Wildman–Crippen MR) is 118 cm³/mol. The molecule has 1 saturated heterocycles. The van der Waals surface area contributed by atoms with Gasteiger partial charge in [-0.05, 0) is 63.1 Å². The van der Waals surface area contributed by atoms with Gasteiger partial charge in [-0.1, -0.05) is 29.5 Å². The maximum atomic E-state index is 12.6. The Labute approximate surface area is 181 Å². The molecule has 4 rings (SSSR count). The van der Waals surface area contributed by atoms with Crippen molar-refractivity contribution < 1.29 is 9.21 Å². The molecule has 0 aliphatic carbocycles. The van der Waals surface area contributed by atoms with Gasteiger partial charge in [-0.2, -0.15) is 0 Å². The zero-order valence-corrected chi connectivity index (χ0v) is 18.1. The Morgan fingerprint density at radius 2 is 1.97 bits per heavy atom. The van der Waals surface area contributed by atoms with Gasteiger partial charge in [-0.3, -0.25) is 4.79 Å². The van der Waals surface area contributed by atoms with Crippen molar-refractivity contribution in [2.75, 3.05) is 18.0 Å². The first kappa shape index (κ1) is 20.5. The standard InChI is InChI=1S/C23H26N4O2S/c1-16-5-9-20(10-6-16)30-22-12-11-21(25-26-22)27-13-3-4-18(15-27)23(28)24-14-19-8-7-17(2)29-19/h5-12,18H,3-4,13-15H2,1-2H3,(H,24,28)/t18-/m1/s1. The molecule has 0 unspecified atom stereocenters. The summed E-state index contributed by atoms with van der Waals surface area (Å²) in [5.41, 5.74) is 1.24. The lowest BCUT2D eigenvalue weighted by atomic mass is 9.97. The van der Waals surface area contributed by atoms with Gasteiger partial charge in [-0.25, -0.2) is 0 Å². The van der Waals surface area contributed by atoms with E-state index in [0.717, 1.165) is 46.6 Å². The third kappa shape index (κ3) is 5.21. The molecule has 7 heteroatoms. The average Bonchev–Trinajstić information content (AvgIpc) is 3.19. The number of hydrogen-bond donors (Lipinski definition) is 1.